The number of nitrogens with one attached hydrogen (secondary N) is 1. The Morgan fingerprint density at radius 2 is 2.03 bits per heavy atom. The fraction of sp³-hybridized carbons (Fsp3) is 0.440. The van der Waals surface area contributed by atoms with Gasteiger partial charge in [-0.15, -0.1) is 0 Å². The van der Waals surface area contributed by atoms with Crippen LogP contribution in [0.4, 0.5) is 0 Å². The molecule has 8 nitrogen and oxygen atoms in total. The van der Waals surface area contributed by atoms with Crippen LogP contribution < -0.4 is 5.32 Å². The number of furan rings is 1. The average molecular weight is 455 g/mol. The molecule has 1 fully saturated rings. The van der Waals surface area contributed by atoms with Crippen molar-refractivity contribution in [1.82, 2.24) is 10.3 Å². The number of fused-ring (bicyclic) bond motifs is 1. The Morgan fingerprint density at radius 1 is 1.36 bits per heavy atom. The van der Waals surface area contributed by atoms with Gasteiger partial charge < -0.3 is 14.8 Å². The van der Waals surface area contributed by atoms with Crippen LogP contribution in [0.25, 0.3) is 5.70 Å². The van der Waals surface area contributed by atoms with Crippen LogP contribution in [0.1, 0.15) is 82.8 Å². The van der Waals surface area contributed by atoms with Crippen molar-refractivity contribution in [2.24, 2.45) is 10.1 Å². The molecule has 1 amide bonds. The van der Waals surface area contributed by atoms with E-state index in [4.69, 9.17) is 9.52 Å². The standard InChI is InChI=1S/C21H24N4O4.C4H10/c1-5-15(8-20(27)28)10-22-14(4)23-19(26)11-25-13(3)17-9-18(16-6-7-16)29-21(17)12(2)24-25;1-3-4-2/h5,9-10,16H,3-4,6-8,11H2,1-2H3,(H,23,26)(H,27,28);3-4H2,1-2H3/b15-5-,22-10-;. The lowest BCUT2D eigenvalue weighted by Gasteiger charge is -2.25. The first-order valence-corrected chi connectivity index (χ1v) is 11.3. The quantitative estimate of drug-likeness (QED) is 0.508. The summed E-state index contributed by atoms with van der Waals surface area (Å²) in [5.41, 5.74) is 2.66. The SMILES string of the molecule is C=C(/N=C\C(=C/C)CC(=O)O)NC(=O)CN1N=C(C)c2oc(C3CC3)cc2C1=C.CCCC. The number of hydrogen-bond acceptors (Lipinski definition) is 6. The maximum absolute atomic E-state index is 12.4. The third-order valence-electron chi connectivity index (χ3n) is 5.14. The summed E-state index contributed by atoms with van der Waals surface area (Å²) in [6, 6.07) is 1.99. The van der Waals surface area contributed by atoms with E-state index in [0.29, 0.717) is 28.7 Å². The van der Waals surface area contributed by atoms with Crippen molar-refractivity contribution in [2.75, 3.05) is 6.54 Å². The van der Waals surface area contributed by atoms with E-state index in [1.165, 1.54) is 24.1 Å². The molecule has 178 valence electrons. The van der Waals surface area contributed by atoms with Crippen molar-refractivity contribution in [2.45, 2.75) is 65.7 Å². The maximum atomic E-state index is 12.4. The largest absolute Gasteiger partial charge is 0.481 e. The first-order chi connectivity index (χ1) is 15.7. The first-order valence-electron chi connectivity index (χ1n) is 11.3. The molecular weight excluding hydrogens is 420 g/mol. The van der Waals surface area contributed by atoms with Gasteiger partial charge in [-0.3, -0.25) is 14.6 Å². The molecule has 0 spiro atoms. The van der Waals surface area contributed by atoms with Crippen molar-refractivity contribution in [1.29, 1.82) is 0 Å². The van der Waals surface area contributed by atoms with Crippen molar-refractivity contribution in [3.05, 3.63) is 53.8 Å². The third-order valence-corrected chi connectivity index (χ3v) is 5.14. The molecule has 0 atom stereocenters. The zero-order valence-electron chi connectivity index (χ0n) is 20.0. The molecule has 0 bridgehead atoms. The van der Waals surface area contributed by atoms with Crippen molar-refractivity contribution in [3.8, 4) is 0 Å². The molecule has 0 aromatic carbocycles. The highest BCUT2D eigenvalue weighted by molar-refractivity contribution is 6.02. The second kappa shape index (κ2) is 12.0. The Hall–Kier alpha value is -3.42. The number of hydrazone groups is 1. The lowest BCUT2D eigenvalue weighted by molar-refractivity contribution is -0.136. The van der Waals surface area contributed by atoms with Gasteiger partial charge in [0.15, 0.2) is 5.76 Å². The zero-order valence-corrected chi connectivity index (χ0v) is 20.0. The number of carbonyl (C=O) groups excluding carboxylic acids is 1. The number of aliphatic imine (C=N–C) groups is 1. The summed E-state index contributed by atoms with van der Waals surface area (Å²) in [5.74, 6) is 0.921. The highest BCUT2D eigenvalue weighted by Gasteiger charge is 2.32. The molecule has 1 aromatic rings. The van der Waals surface area contributed by atoms with Crippen LogP contribution >= 0.6 is 0 Å². The number of carbonyl (C=O) groups is 2. The molecule has 2 heterocycles. The minimum atomic E-state index is -0.959. The molecule has 1 aliphatic carbocycles. The van der Waals surface area contributed by atoms with Gasteiger partial charge in [-0.2, -0.15) is 5.10 Å². The van der Waals surface area contributed by atoms with Gasteiger partial charge in [-0.25, -0.2) is 4.99 Å². The van der Waals surface area contributed by atoms with E-state index in [1.54, 1.807) is 13.0 Å². The number of amides is 1. The number of allylic oxidation sites excluding steroid dienone is 1. The second-order valence-corrected chi connectivity index (χ2v) is 8.04. The van der Waals surface area contributed by atoms with Crippen molar-refractivity contribution < 1.29 is 19.1 Å². The topological polar surface area (TPSA) is 107 Å². The van der Waals surface area contributed by atoms with Crippen LogP contribution in [0.2, 0.25) is 0 Å². The third kappa shape index (κ3) is 7.59. The van der Waals surface area contributed by atoms with E-state index in [0.717, 1.165) is 24.2 Å². The molecule has 33 heavy (non-hydrogen) atoms. The fourth-order valence-electron chi connectivity index (χ4n) is 2.95. The minimum absolute atomic E-state index is 0.0559. The second-order valence-electron chi connectivity index (χ2n) is 8.04. The normalized spacial score (nSPS) is 15.5. The van der Waals surface area contributed by atoms with Crippen LogP contribution in [0.15, 0.2) is 51.2 Å². The predicted molar refractivity (Wildman–Crippen MR) is 131 cm³/mol. The summed E-state index contributed by atoms with van der Waals surface area (Å²) in [6.45, 7) is 15.6. The Labute approximate surface area is 195 Å². The number of hydrogen-bond donors (Lipinski definition) is 2. The molecule has 0 unspecified atom stereocenters. The van der Waals surface area contributed by atoms with Gasteiger partial charge in [0.2, 0.25) is 5.91 Å². The smallest absolute Gasteiger partial charge is 0.307 e. The van der Waals surface area contributed by atoms with Gasteiger partial charge in [-0.05, 0) is 38.3 Å². The zero-order chi connectivity index (χ0) is 24.5. The number of nitrogens with zero attached hydrogens (tertiary/aromatic N) is 3. The Balaban J connectivity index is 0.000000890. The van der Waals surface area contributed by atoms with Gasteiger partial charge in [0, 0.05) is 17.7 Å². The summed E-state index contributed by atoms with van der Waals surface area (Å²) < 4.78 is 5.92. The number of carboxylic acids is 1. The molecule has 2 N–H and O–H groups in total. The number of aliphatic carboxylic acids is 1. The van der Waals surface area contributed by atoms with Crippen LogP contribution in [0.3, 0.4) is 0 Å². The Morgan fingerprint density at radius 3 is 2.58 bits per heavy atom. The van der Waals surface area contributed by atoms with Gasteiger partial charge >= 0.3 is 5.97 Å². The summed E-state index contributed by atoms with van der Waals surface area (Å²) in [6.07, 6.45) is 7.76. The lowest BCUT2D eigenvalue weighted by atomic mass is 10.1. The number of rotatable bonds is 9. The summed E-state index contributed by atoms with van der Waals surface area (Å²) in [5, 5.41) is 17.3. The summed E-state index contributed by atoms with van der Waals surface area (Å²) in [7, 11) is 0. The fourth-order valence-corrected chi connectivity index (χ4v) is 2.95. The minimum Gasteiger partial charge on any atom is -0.481 e. The Kier molecular flexibility index (Phi) is 9.39. The number of unbranched alkanes of at least 4 members (excludes halogenated alkanes) is 1. The van der Waals surface area contributed by atoms with E-state index < -0.39 is 5.97 Å². The van der Waals surface area contributed by atoms with E-state index in [1.807, 2.05) is 13.0 Å². The van der Waals surface area contributed by atoms with Crippen molar-refractivity contribution >= 4 is 29.5 Å². The highest BCUT2D eigenvalue weighted by Crippen LogP contribution is 2.43. The highest BCUT2D eigenvalue weighted by atomic mass is 16.4. The monoisotopic (exact) mass is 454 g/mol. The molecule has 1 aromatic heterocycles. The molecule has 0 radical (unpaired) electrons. The molecule has 2 aliphatic rings. The van der Waals surface area contributed by atoms with Crippen molar-refractivity contribution in [3.63, 3.8) is 0 Å². The van der Waals surface area contributed by atoms with Gasteiger partial charge in [0.1, 0.15) is 23.8 Å². The molecular formula is C25H34N4O4. The van der Waals surface area contributed by atoms with Crippen LogP contribution in [0, 0.1) is 0 Å². The summed E-state index contributed by atoms with van der Waals surface area (Å²) in [4.78, 5) is 27.1. The first kappa shape index (κ1) is 25.8. The van der Waals surface area contributed by atoms with E-state index in [-0.39, 0.29) is 24.7 Å². The van der Waals surface area contributed by atoms with Gasteiger partial charge in [0.05, 0.1) is 12.1 Å². The van der Waals surface area contributed by atoms with Gasteiger partial charge in [-0.1, -0.05) is 45.9 Å². The average Bonchev–Trinajstić information content (AvgIpc) is 3.52. The molecule has 8 heteroatoms. The van der Waals surface area contributed by atoms with E-state index in [2.05, 4.69) is 42.4 Å². The van der Waals surface area contributed by atoms with E-state index in [9.17, 15) is 9.59 Å². The Bertz CT molecular complexity index is 994. The summed E-state index contributed by atoms with van der Waals surface area (Å²) >= 11 is 0. The number of carboxylic acid groups (broad SMARTS) is 1. The molecule has 1 aliphatic heterocycles. The van der Waals surface area contributed by atoms with E-state index >= 15 is 0 Å². The molecule has 1 saturated carbocycles. The molecule has 3 rings (SSSR count). The van der Waals surface area contributed by atoms with Crippen LogP contribution in [-0.4, -0.2) is 40.5 Å². The predicted octanol–water partition coefficient (Wildman–Crippen LogP) is 5.05. The van der Waals surface area contributed by atoms with Gasteiger partial charge in [0.25, 0.3) is 0 Å². The van der Waals surface area contributed by atoms with Crippen LogP contribution in [-0.2, 0) is 9.59 Å². The van der Waals surface area contributed by atoms with Crippen LogP contribution in [0.5, 0.6) is 0 Å². The lowest BCUT2D eigenvalue weighted by Crippen LogP contribution is -2.34. The molecule has 0 saturated heterocycles. The maximum Gasteiger partial charge on any atom is 0.307 e.